The summed E-state index contributed by atoms with van der Waals surface area (Å²) in [6.45, 7) is 4.28. The zero-order chi connectivity index (χ0) is 28.4. The van der Waals surface area contributed by atoms with E-state index in [0.717, 1.165) is 37.3 Å². The van der Waals surface area contributed by atoms with E-state index in [4.69, 9.17) is 9.47 Å². The van der Waals surface area contributed by atoms with Crippen LogP contribution in [0.5, 0.6) is 0 Å². The molecule has 1 aromatic heterocycles. The number of hydrogen-bond acceptors (Lipinski definition) is 6. The summed E-state index contributed by atoms with van der Waals surface area (Å²) in [5.74, 6) is 0.411. The summed E-state index contributed by atoms with van der Waals surface area (Å²) >= 11 is 0. The van der Waals surface area contributed by atoms with Gasteiger partial charge in [0.1, 0.15) is 12.2 Å². The lowest BCUT2D eigenvalue weighted by atomic mass is 9.75. The molecule has 0 N–H and O–H groups in total. The van der Waals surface area contributed by atoms with Gasteiger partial charge in [0.2, 0.25) is 0 Å². The van der Waals surface area contributed by atoms with E-state index in [-0.39, 0.29) is 28.5 Å². The molecule has 7 rings (SSSR count). The minimum atomic E-state index is -4.56. The molecular weight excluding hydrogens is 535 g/mol. The van der Waals surface area contributed by atoms with Gasteiger partial charge in [-0.2, -0.15) is 13.2 Å². The molecule has 4 aliphatic rings. The van der Waals surface area contributed by atoms with Gasteiger partial charge in [0, 0.05) is 48.6 Å². The third-order valence-electron chi connectivity index (χ3n) is 9.20. The van der Waals surface area contributed by atoms with Crippen molar-refractivity contribution in [1.29, 1.82) is 0 Å². The molecule has 3 fully saturated rings. The molecule has 0 atom stereocenters. The molecule has 4 aliphatic heterocycles. The Kier molecular flexibility index (Phi) is 6.26. The third-order valence-corrected chi connectivity index (χ3v) is 9.20. The van der Waals surface area contributed by atoms with Crippen LogP contribution in [0.25, 0.3) is 0 Å². The maximum absolute atomic E-state index is 14.3. The van der Waals surface area contributed by atoms with Crippen molar-refractivity contribution in [2.45, 2.75) is 43.9 Å². The minimum absolute atomic E-state index is 0.0416. The Balaban J connectivity index is 1.18. The first-order valence-electron chi connectivity index (χ1n) is 14.0. The van der Waals surface area contributed by atoms with Crippen molar-refractivity contribution in [3.63, 3.8) is 0 Å². The number of anilines is 1. The van der Waals surface area contributed by atoms with E-state index in [1.165, 1.54) is 11.0 Å². The second-order valence-corrected chi connectivity index (χ2v) is 12.2. The molecule has 5 heterocycles. The second kappa shape index (κ2) is 9.64. The number of nitrogens with zero attached hydrogens (tertiary/aromatic N) is 5. The van der Waals surface area contributed by atoms with Gasteiger partial charge in [-0.3, -0.25) is 9.69 Å². The molecule has 216 valence electrons. The van der Waals surface area contributed by atoms with Crippen LogP contribution in [0.2, 0.25) is 0 Å². The van der Waals surface area contributed by atoms with Crippen LogP contribution in [-0.4, -0.2) is 65.1 Å². The van der Waals surface area contributed by atoms with Gasteiger partial charge in [0.15, 0.2) is 0 Å². The van der Waals surface area contributed by atoms with E-state index in [2.05, 4.69) is 15.1 Å². The van der Waals surface area contributed by atoms with Crippen LogP contribution < -0.4 is 4.90 Å². The Hall–Kier alpha value is -3.28. The number of carbonyl (C=O) groups excluding carboxylic acids is 1. The highest BCUT2D eigenvalue weighted by Gasteiger charge is 2.45. The Labute approximate surface area is 236 Å². The SMILES string of the molecule is Cn1cnnc1CC1(c2cccc(N3Cc4c(cc(CN5CCCC6(COC6)C5)cc4C(F)(F)F)C3=O)c2)COC1. The molecule has 0 aliphatic carbocycles. The molecule has 3 saturated heterocycles. The fraction of sp³-hybridized carbons (Fsp3) is 0.500. The molecule has 0 bridgehead atoms. The number of likely N-dealkylation sites (tertiary alicyclic amines) is 1. The van der Waals surface area contributed by atoms with E-state index in [9.17, 15) is 18.0 Å². The zero-order valence-corrected chi connectivity index (χ0v) is 22.9. The number of aromatic nitrogens is 3. The first kappa shape index (κ1) is 26.6. The number of rotatable bonds is 6. The van der Waals surface area contributed by atoms with Crippen molar-refractivity contribution in [1.82, 2.24) is 19.7 Å². The van der Waals surface area contributed by atoms with Gasteiger partial charge in [-0.1, -0.05) is 12.1 Å². The largest absolute Gasteiger partial charge is 0.416 e. The highest BCUT2D eigenvalue weighted by Crippen LogP contribution is 2.42. The number of halogens is 3. The smallest absolute Gasteiger partial charge is 0.380 e. The van der Waals surface area contributed by atoms with Gasteiger partial charge >= 0.3 is 6.18 Å². The van der Waals surface area contributed by atoms with Crippen LogP contribution in [0, 0.1) is 5.41 Å². The molecule has 2 aromatic carbocycles. The summed E-state index contributed by atoms with van der Waals surface area (Å²) in [4.78, 5) is 17.4. The first-order chi connectivity index (χ1) is 19.6. The van der Waals surface area contributed by atoms with E-state index in [1.807, 2.05) is 29.8 Å². The van der Waals surface area contributed by atoms with Crippen LogP contribution in [0.15, 0.2) is 42.7 Å². The zero-order valence-electron chi connectivity index (χ0n) is 22.9. The molecule has 8 nitrogen and oxygen atoms in total. The standard InChI is InChI=1S/C30H32F3N5O3/c1-36-19-34-35-26(36)11-29(17-41-18-29)21-4-2-5-22(10-21)38-13-24-23(27(38)39)8-20(9-25(24)30(31,32)33)12-37-7-3-6-28(14-37)15-40-16-28/h2,4-5,8-10,19H,3,6-7,11-18H2,1H3. The maximum Gasteiger partial charge on any atom is 0.416 e. The lowest BCUT2D eigenvalue weighted by molar-refractivity contribution is -0.145. The molecule has 1 spiro atoms. The molecule has 11 heteroatoms. The molecule has 3 aromatic rings. The van der Waals surface area contributed by atoms with E-state index in [1.54, 1.807) is 18.5 Å². The third kappa shape index (κ3) is 4.64. The van der Waals surface area contributed by atoms with Crippen LogP contribution in [0.4, 0.5) is 18.9 Å². The number of benzene rings is 2. The van der Waals surface area contributed by atoms with Gasteiger partial charge in [0.25, 0.3) is 5.91 Å². The highest BCUT2D eigenvalue weighted by atomic mass is 19.4. The Bertz CT molecular complexity index is 1490. The van der Waals surface area contributed by atoms with Crippen molar-refractivity contribution in [2.24, 2.45) is 12.5 Å². The molecule has 0 saturated carbocycles. The summed E-state index contributed by atoms with van der Waals surface area (Å²) in [7, 11) is 1.89. The fourth-order valence-corrected chi connectivity index (χ4v) is 6.84. The maximum atomic E-state index is 14.3. The number of alkyl halides is 3. The number of amides is 1. The summed E-state index contributed by atoms with van der Waals surface area (Å²) in [6.07, 6.45) is -0.234. The number of fused-ring (bicyclic) bond motifs is 1. The van der Waals surface area contributed by atoms with Crippen LogP contribution in [-0.2, 0) is 47.6 Å². The quantitative estimate of drug-likeness (QED) is 0.447. The highest BCUT2D eigenvalue weighted by molar-refractivity contribution is 6.10. The van der Waals surface area contributed by atoms with Crippen molar-refractivity contribution >= 4 is 11.6 Å². The number of piperidine rings is 1. The van der Waals surface area contributed by atoms with E-state index < -0.39 is 17.6 Å². The molecule has 41 heavy (non-hydrogen) atoms. The Morgan fingerprint density at radius 2 is 1.88 bits per heavy atom. The number of hydrogen-bond donors (Lipinski definition) is 0. The lowest BCUT2D eigenvalue weighted by Crippen LogP contribution is -2.53. The number of aryl methyl sites for hydroxylation is 1. The van der Waals surface area contributed by atoms with E-state index in [0.29, 0.717) is 50.6 Å². The average Bonchev–Trinajstić information content (AvgIpc) is 3.46. The number of ether oxygens (including phenoxy) is 2. The minimum Gasteiger partial charge on any atom is -0.380 e. The monoisotopic (exact) mass is 567 g/mol. The summed E-state index contributed by atoms with van der Waals surface area (Å²) in [6, 6.07) is 10.4. The topological polar surface area (TPSA) is 72.7 Å². The second-order valence-electron chi connectivity index (χ2n) is 12.2. The van der Waals surface area contributed by atoms with Crippen molar-refractivity contribution < 1.29 is 27.4 Å². The van der Waals surface area contributed by atoms with Gasteiger partial charge in [-0.15, -0.1) is 10.2 Å². The number of carbonyl (C=O) groups is 1. The van der Waals surface area contributed by atoms with Crippen molar-refractivity contribution in [3.05, 3.63) is 76.4 Å². The first-order valence-corrected chi connectivity index (χ1v) is 14.0. The van der Waals surface area contributed by atoms with Gasteiger partial charge in [-0.25, -0.2) is 0 Å². The van der Waals surface area contributed by atoms with Crippen LogP contribution in [0.1, 0.15) is 51.3 Å². The van der Waals surface area contributed by atoms with Gasteiger partial charge in [-0.05, 0) is 60.3 Å². The van der Waals surface area contributed by atoms with Gasteiger partial charge < -0.3 is 18.9 Å². The van der Waals surface area contributed by atoms with Crippen molar-refractivity contribution in [3.8, 4) is 0 Å². The molecule has 1 amide bonds. The summed E-state index contributed by atoms with van der Waals surface area (Å²) < 4.78 is 55.9. The Morgan fingerprint density at radius 1 is 1.07 bits per heavy atom. The predicted octanol–water partition coefficient (Wildman–Crippen LogP) is 4.12. The fourth-order valence-electron chi connectivity index (χ4n) is 6.84. The van der Waals surface area contributed by atoms with Gasteiger partial charge in [0.05, 0.1) is 38.5 Å². The van der Waals surface area contributed by atoms with Crippen LogP contribution >= 0.6 is 0 Å². The van der Waals surface area contributed by atoms with E-state index >= 15 is 0 Å². The lowest BCUT2D eigenvalue weighted by Gasteiger charge is -2.48. The Morgan fingerprint density at radius 3 is 2.54 bits per heavy atom. The summed E-state index contributed by atoms with van der Waals surface area (Å²) in [5.41, 5.74) is 1.30. The molecular formula is C30H32F3N5O3. The summed E-state index contributed by atoms with van der Waals surface area (Å²) in [5, 5.41) is 8.20. The molecule has 0 radical (unpaired) electrons. The van der Waals surface area contributed by atoms with Crippen LogP contribution in [0.3, 0.4) is 0 Å². The predicted molar refractivity (Wildman–Crippen MR) is 143 cm³/mol. The van der Waals surface area contributed by atoms with Crippen molar-refractivity contribution in [2.75, 3.05) is 44.4 Å². The molecule has 0 unspecified atom stereocenters. The normalized spacial score (nSPS) is 21.6. The average molecular weight is 568 g/mol.